The summed E-state index contributed by atoms with van der Waals surface area (Å²) in [4.78, 5) is 42.2. The Kier molecular flexibility index (Phi) is 8.60. The SMILES string of the molecule is CC#CCn1c(N2CCNCC2)nc2c1c(=O)n(Cc1ccc(C#N)cc1)c(=O)n2C.O=C(O)C(F)(F)F. The average Bonchev–Trinajstić information content (AvgIpc) is 3.29. The second-order valence-electron chi connectivity index (χ2n) is 8.18. The van der Waals surface area contributed by atoms with E-state index >= 15 is 0 Å². The number of alkyl halides is 3. The number of piperazine rings is 1. The Morgan fingerprint density at radius 3 is 2.29 bits per heavy atom. The molecule has 14 heteroatoms. The molecule has 0 spiro atoms. The number of carboxylic acids is 1. The van der Waals surface area contributed by atoms with Gasteiger partial charge in [0.2, 0.25) is 5.95 Å². The number of nitrogens with zero attached hydrogens (tertiary/aromatic N) is 6. The number of carbonyl (C=O) groups is 1. The molecule has 1 aromatic carbocycles. The van der Waals surface area contributed by atoms with Crippen molar-refractivity contribution in [2.45, 2.75) is 26.2 Å². The minimum absolute atomic E-state index is 0.112. The zero-order valence-electron chi connectivity index (χ0n) is 20.5. The number of carboxylic acid groups (broad SMARTS) is 1. The molecule has 1 aliphatic heterocycles. The molecule has 2 aromatic heterocycles. The number of halogens is 3. The first-order valence-electron chi connectivity index (χ1n) is 11.3. The van der Waals surface area contributed by atoms with Crippen molar-refractivity contribution in [3.63, 3.8) is 0 Å². The highest BCUT2D eigenvalue weighted by molar-refractivity contribution is 5.75. The fraction of sp³-hybridized carbons (Fsp3) is 0.375. The summed E-state index contributed by atoms with van der Waals surface area (Å²) in [7, 11) is 1.63. The van der Waals surface area contributed by atoms with Gasteiger partial charge in [-0.05, 0) is 24.6 Å². The second kappa shape index (κ2) is 11.7. The average molecular weight is 531 g/mol. The van der Waals surface area contributed by atoms with Gasteiger partial charge < -0.3 is 15.3 Å². The smallest absolute Gasteiger partial charge is 0.475 e. The van der Waals surface area contributed by atoms with E-state index in [4.69, 9.17) is 15.2 Å². The van der Waals surface area contributed by atoms with Gasteiger partial charge in [-0.3, -0.25) is 18.5 Å². The number of imidazole rings is 1. The Hall–Kier alpha value is -4.56. The molecular formula is C24H24F3N7O4. The lowest BCUT2D eigenvalue weighted by molar-refractivity contribution is -0.192. The monoisotopic (exact) mass is 531 g/mol. The van der Waals surface area contributed by atoms with E-state index in [-0.39, 0.29) is 6.54 Å². The molecule has 3 heterocycles. The molecule has 0 unspecified atom stereocenters. The first-order valence-corrected chi connectivity index (χ1v) is 11.3. The fourth-order valence-electron chi connectivity index (χ4n) is 3.78. The number of nitrogens with one attached hydrogen (secondary N) is 1. The summed E-state index contributed by atoms with van der Waals surface area (Å²) in [5.41, 5.74) is 1.19. The van der Waals surface area contributed by atoms with E-state index < -0.39 is 23.4 Å². The number of rotatable bonds is 4. The van der Waals surface area contributed by atoms with Gasteiger partial charge in [0.15, 0.2) is 11.2 Å². The molecule has 0 atom stereocenters. The summed E-state index contributed by atoms with van der Waals surface area (Å²) in [6, 6.07) is 8.92. The predicted molar refractivity (Wildman–Crippen MR) is 132 cm³/mol. The minimum Gasteiger partial charge on any atom is -0.475 e. The molecule has 1 aliphatic rings. The van der Waals surface area contributed by atoms with Gasteiger partial charge in [0.05, 0.1) is 24.7 Å². The number of nitriles is 1. The molecule has 2 N–H and O–H groups in total. The first-order chi connectivity index (χ1) is 18.0. The van der Waals surface area contributed by atoms with Crippen molar-refractivity contribution in [1.29, 1.82) is 5.26 Å². The van der Waals surface area contributed by atoms with Crippen LogP contribution in [-0.4, -0.2) is 62.1 Å². The zero-order valence-corrected chi connectivity index (χ0v) is 20.5. The van der Waals surface area contributed by atoms with E-state index in [1.54, 1.807) is 38.2 Å². The van der Waals surface area contributed by atoms with Gasteiger partial charge in [0, 0.05) is 33.2 Å². The van der Waals surface area contributed by atoms with Crippen molar-refractivity contribution in [1.82, 2.24) is 24.0 Å². The maximum atomic E-state index is 13.5. The molecule has 1 saturated heterocycles. The third-order valence-corrected chi connectivity index (χ3v) is 5.69. The molecule has 3 aromatic rings. The lowest BCUT2D eigenvalue weighted by atomic mass is 10.1. The van der Waals surface area contributed by atoms with Gasteiger partial charge in [0.1, 0.15) is 0 Å². The molecule has 0 aliphatic carbocycles. The fourth-order valence-corrected chi connectivity index (χ4v) is 3.78. The highest BCUT2D eigenvalue weighted by Crippen LogP contribution is 2.20. The van der Waals surface area contributed by atoms with Crippen molar-refractivity contribution in [3.8, 4) is 17.9 Å². The number of aryl methyl sites for hydroxylation is 1. The van der Waals surface area contributed by atoms with Gasteiger partial charge >= 0.3 is 17.8 Å². The van der Waals surface area contributed by atoms with Crippen molar-refractivity contribution in [2.75, 3.05) is 31.1 Å². The third kappa shape index (κ3) is 6.04. The van der Waals surface area contributed by atoms with Crippen LogP contribution >= 0.6 is 0 Å². The molecule has 200 valence electrons. The van der Waals surface area contributed by atoms with E-state index in [1.807, 2.05) is 4.57 Å². The predicted octanol–water partition coefficient (Wildman–Crippen LogP) is 0.883. The standard InChI is InChI=1S/C22H23N7O2.C2HF3O2/c1-3-4-11-28-18-19(25-21(28)27-12-9-24-10-13-27)26(2)22(31)29(20(18)30)15-17-7-5-16(14-23)6-8-17;3-2(4,5)1(6)7/h5-8,24H,9-13,15H2,1-2H3;(H,6,7). The molecule has 0 amide bonds. The van der Waals surface area contributed by atoms with E-state index in [0.717, 1.165) is 31.7 Å². The summed E-state index contributed by atoms with van der Waals surface area (Å²) >= 11 is 0. The Morgan fingerprint density at radius 1 is 1.16 bits per heavy atom. The highest BCUT2D eigenvalue weighted by Gasteiger charge is 2.38. The summed E-state index contributed by atoms with van der Waals surface area (Å²) < 4.78 is 36.2. The van der Waals surface area contributed by atoms with Gasteiger partial charge in [-0.2, -0.15) is 23.4 Å². The molecule has 11 nitrogen and oxygen atoms in total. The lowest BCUT2D eigenvalue weighted by Crippen LogP contribution is -2.44. The Balaban J connectivity index is 0.000000505. The van der Waals surface area contributed by atoms with Crippen molar-refractivity contribution in [2.24, 2.45) is 7.05 Å². The van der Waals surface area contributed by atoms with Gasteiger partial charge in [-0.25, -0.2) is 9.59 Å². The van der Waals surface area contributed by atoms with Crippen LogP contribution in [0.4, 0.5) is 19.1 Å². The van der Waals surface area contributed by atoms with Crippen molar-refractivity contribution in [3.05, 3.63) is 56.2 Å². The largest absolute Gasteiger partial charge is 0.490 e. The van der Waals surface area contributed by atoms with Crippen LogP contribution < -0.4 is 21.5 Å². The van der Waals surface area contributed by atoms with Gasteiger partial charge in [-0.1, -0.05) is 18.1 Å². The molecule has 4 rings (SSSR count). The Labute approximate surface area is 214 Å². The minimum atomic E-state index is -5.08. The van der Waals surface area contributed by atoms with Crippen LogP contribution in [-0.2, 0) is 24.9 Å². The van der Waals surface area contributed by atoms with Gasteiger partial charge in [0.25, 0.3) is 5.56 Å². The normalized spacial score (nSPS) is 13.2. The zero-order chi connectivity index (χ0) is 28.0. The number of aromatic nitrogens is 4. The number of aliphatic carboxylic acids is 1. The van der Waals surface area contributed by atoms with Crippen LogP contribution in [0.5, 0.6) is 0 Å². The van der Waals surface area contributed by atoms with Gasteiger partial charge in [-0.15, -0.1) is 5.92 Å². The van der Waals surface area contributed by atoms with Crippen LogP contribution in [0.1, 0.15) is 18.1 Å². The van der Waals surface area contributed by atoms with E-state index in [1.165, 1.54) is 9.13 Å². The lowest BCUT2D eigenvalue weighted by Gasteiger charge is -2.28. The summed E-state index contributed by atoms with van der Waals surface area (Å²) in [5, 5.41) is 19.4. The second-order valence-corrected chi connectivity index (χ2v) is 8.18. The van der Waals surface area contributed by atoms with Crippen LogP contribution in [0.2, 0.25) is 0 Å². The van der Waals surface area contributed by atoms with Crippen molar-refractivity contribution >= 4 is 23.1 Å². The molecule has 0 bridgehead atoms. The Morgan fingerprint density at radius 2 is 1.76 bits per heavy atom. The van der Waals surface area contributed by atoms with E-state index in [9.17, 15) is 22.8 Å². The summed E-state index contributed by atoms with van der Waals surface area (Å²) in [6.45, 7) is 5.35. The summed E-state index contributed by atoms with van der Waals surface area (Å²) in [5.74, 6) is 3.81. The van der Waals surface area contributed by atoms with Crippen LogP contribution in [0.3, 0.4) is 0 Å². The molecular weight excluding hydrogens is 507 g/mol. The topological polar surface area (TPSA) is 138 Å². The molecule has 0 radical (unpaired) electrons. The van der Waals surface area contributed by atoms with E-state index in [2.05, 4.69) is 33.1 Å². The number of anilines is 1. The van der Waals surface area contributed by atoms with Crippen LogP contribution in [0, 0.1) is 23.2 Å². The van der Waals surface area contributed by atoms with Crippen molar-refractivity contribution < 1.29 is 23.1 Å². The molecule has 38 heavy (non-hydrogen) atoms. The van der Waals surface area contributed by atoms with Crippen LogP contribution in [0.25, 0.3) is 11.2 Å². The summed E-state index contributed by atoms with van der Waals surface area (Å²) in [6.07, 6.45) is -5.08. The number of fused-ring (bicyclic) bond motifs is 1. The highest BCUT2D eigenvalue weighted by atomic mass is 19.4. The first kappa shape index (κ1) is 28.0. The quantitative estimate of drug-likeness (QED) is 0.474. The maximum absolute atomic E-state index is 13.5. The number of hydrogen-bond donors (Lipinski definition) is 2. The maximum Gasteiger partial charge on any atom is 0.490 e. The molecule has 1 fully saturated rings. The van der Waals surface area contributed by atoms with E-state index in [0.29, 0.717) is 29.2 Å². The molecule has 0 saturated carbocycles. The van der Waals surface area contributed by atoms with Crippen LogP contribution in [0.15, 0.2) is 33.9 Å². The number of hydrogen-bond acceptors (Lipinski definition) is 7. The number of benzene rings is 1. The third-order valence-electron chi connectivity index (χ3n) is 5.69. The Bertz CT molecular complexity index is 1550.